The standard InChI is InChI=1S/C14H26O2/c1-9(2)11-7-6-10(3)8-12(11)14(4,5)13(15)16/h9-12H,6-8H2,1-5H3,(H,15,16). The summed E-state index contributed by atoms with van der Waals surface area (Å²) in [5.41, 5.74) is -0.580. The number of rotatable bonds is 3. The molecule has 2 heteroatoms. The van der Waals surface area contributed by atoms with Crippen molar-refractivity contribution < 1.29 is 9.90 Å². The number of carbonyl (C=O) groups is 1. The predicted octanol–water partition coefficient (Wildman–Crippen LogP) is 3.81. The number of hydrogen-bond donors (Lipinski definition) is 1. The molecule has 1 N–H and O–H groups in total. The highest BCUT2D eigenvalue weighted by atomic mass is 16.4. The molecule has 0 saturated heterocycles. The Morgan fingerprint density at radius 2 is 1.88 bits per heavy atom. The molecule has 2 nitrogen and oxygen atoms in total. The second kappa shape index (κ2) is 4.77. The monoisotopic (exact) mass is 226 g/mol. The van der Waals surface area contributed by atoms with Gasteiger partial charge in [0.2, 0.25) is 0 Å². The number of carboxylic acids is 1. The fourth-order valence-electron chi connectivity index (χ4n) is 3.19. The van der Waals surface area contributed by atoms with Gasteiger partial charge in [-0.2, -0.15) is 0 Å². The Morgan fingerprint density at radius 1 is 1.31 bits per heavy atom. The molecule has 0 aromatic heterocycles. The van der Waals surface area contributed by atoms with Crippen LogP contribution >= 0.6 is 0 Å². The molecular formula is C14H26O2. The molecule has 1 rings (SSSR count). The zero-order chi connectivity index (χ0) is 12.5. The molecule has 0 radical (unpaired) electrons. The van der Waals surface area contributed by atoms with Gasteiger partial charge in [-0.15, -0.1) is 0 Å². The highest BCUT2D eigenvalue weighted by Gasteiger charge is 2.44. The first-order valence-corrected chi connectivity index (χ1v) is 6.50. The third-order valence-corrected chi connectivity index (χ3v) is 4.50. The van der Waals surface area contributed by atoms with Crippen LogP contribution in [-0.2, 0) is 4.79 Å². The zero-order valence-corrected chi connectivity index (χ0v) is 11.3. The van der Waals surface area contributed by atoms with Crippen LogP contribution in [0, 0.1) is 29.1 Å². The maximum Gasteiger partial charge on any atom is 0.309 e. The van der Waals surface area contributed by atoms with E-state index in [4.69, 9.17) is 0 Å². The maximum absolute atomic E-state index is 11.4. The summed E-state index contributed by atoms with van der Waals surface area (Å²) >= 11 is 0. The smallest absolute Gasteiger partial charge is 0.309 e. The minimum Gasteiger partial charge on any atom is -0.481 e. The van der Waals surface area contributed by atoms with E-state index in [9.17, 15) is 9.90 Å². The Kier molecular flexibility index (Phi) is 4.03. The lowest BCUT2D eigenvalue weighted by Gasteiger charge is -2.44. The molecule has 0 aromatic carbocycles. The van der Waals surface area contributed by atoms with E-state index in [0.717, 1.165) is 6.42 Å². The first kappa shape index (κ1) is 13.5. The fourth-order valence-corrected chi connectivity index (χ4v) is 3.19. The van der Waals surface area contributed by atoms with Gasteiger partial charge in [-0.05, 0) is 50.4 Å². The van der Waals surface area contributed by atoms with E-state index in [-0.39, 0.29) is 0 Å². The van der Waals surface area contributed by atoms with Crippen LogP contribution in [-0.4, -0.2) is 11.1 Å². The second-order valence-corrected chi connectivity index (χ2v) is 6.46. The van der Waals surface area contributed by atoms with Crippen LogP contribution in [0.2, 0.25) is 0 Å². The molecule has 94 valence electrons. The van der Waals surface area contributed by atoms with E-state index in [0.29, 0.717) is 23.7 Å². The van der Waals surface area contributed by atoms with Crippen molar-refractivity contribution in [3.05, 3.63) is 0 Å². The zero-order valence-electron chi connectivity index (χ0n) is 11.3. The molecule has 0 amide bonds. The molecular weight excluding hydrogens is 200 g/mol. The van der Waals surface area contributed by atoms with Gasteiger partial charge in [-0.3, -0.25) is 4.79 Å². The van der Waals surface area contributed by atoms with E-state index in [2.05, 4.69) is 20.8 Å². The molecule has 0 aromatic rings. The summed E-state index contributed by atoms with van der Waals surface area (Å²) in [7, 11) is 0. The van der Waals surface area contributed by atoms with Crippen molar-refractivity contribution in [3.8, 4) is 0 Å². The van der Waals surface area contributed by atoms with E-state index in [1.165, 1.54) is 12.8 Å². The minimum atomic E-state index is -0.641. The topological polar surface area (TPSA) is 37.3 Å². The van der Waals surface area contributed by atoms with Gasteiger partial charge in [-0.1, -0.05) is 27.2 Å². The van der Waals surface area contributed by atoms with Crippen LogP contribution in [0.25, 0.3) is 0 Å². The average Bonchev–Trinajstić information content (AvgIpc) is 2.16. The quantitative estimate of drug-likeness (QED) is 0.794. The molecule has 3 unspecified atom stereocenters. The van der Waals surface area contributed by atoms with E-state index >= 15 is 0 Å². The molecule has 0 spiro atoms. The van der Waals surface area contributed by atoms with Gasteiger partial charge in [-0.25, -0.2) is 0 Å². The summed E-state index contributed by atoms with van der Waals surface area (Å²) in [5, 5.41) is 9.38. The Morgan fingerprint density at radius 3 is 2.31 bits per heavy atom. The van der Waals surface area contributed by atoms with Crippen LogP contribution in [0.3, 0.4) is 0 Å². The van der Waals surface area contributed by atoms with Gasteiger partial charge < -0.3 is 5.11 Å². The van der Waals surface area contributed by atoms with E-state index in [1.807, 2.05) is 13.8 Å². The van der Waals surface area contributed by atoms with Crippen LogP contribution in [0.5, 0.6) is 0 Å². The van der Waals surface area contributed by atoms with Crippen molar-refractivity contribution in [3.63, 3.8) is 0 Å². The van der Waals surface area contributed by atoms with Gasteiger partial charge in [0, 0.05) is 0 Å². The van der Waals surface area contributed by atoms with Crippen molar-refractivity contribution in [2.75, 3.05) is 0 Å². The molecule has 1 aliphatic rings. The SMILES string of the molecule is CC1CCC(C(C)C)C(C(C)(C)C(=O)O)C1. The molecule has 1 fully saturated rings. The number of hydrogen-bond acceptors (Lipinski definition) is 1. The predicted molar refractivity (Wildman–Crippen MR) is 66.2 cm³/mol. The molecule has 3 atom stereocenters. The minimum absolute atomic E-state index is 0.328. The third-order valence-electron chi connectivity index (χ3n) is 4.50. The maximum atomic E-state index is 11.4. The Balaban J connectivity index is 2.91. The van der Waals surface area contributed by atoms with Gasteiger partial charge in [0.25, 0.3) is 0 Å². The summed E-state index contributed by atoms with van der Waals surface area (Å²) in [4.78, 5) is 11.4. The van der Waals surface area contributed by atoms with Crippen molar-refractivity contribution >= 4 is 5.97 Å². The molecule has 16 heavy (non-hydrogen) atoms. The summed E-state index contributed by atoms with van der Waals surface area (Å²) < 4.78 is 0. The first-order valence-electron chi connectivity index (χ1n) is 6.50. The van der Waals surface area contributed by atoms with Gasteiger partial charge in [0.1, 0.15) is 0 Å². The van der Waals surface area contributed by atoms with Gasteiger partial charge >= 0.3 is 5.97 Å². The Labute approximate surface area is 99.4 Å². The summed E-state index contributed by atoms with van der Waals surface area (Å²) in [6, 6.07) is 0. The van der Waals surface area contributed by atoms with E-state index in [1.54, 1.807) is 0 Å². The Bertz CT molecular complexity index is 255. The lowest BCUT2D eigenvalue weighted by Crippen LogP contribution is -2.42. The Hall–Kier alpha value is -0.530. The normalized spacial score (nSPS) is 31.8. The van der Waals surface area contributed by atoms with Crippen molar-refractivity contribution in [2.24, 2.45) is 29.1 Å². The van der Waals surface area contributed by atoms with Crippen molar-refractivity contribution in [1.82, 2.24) is 0 Å². The third kappa shape index (κ3) is 2.58. The van der Waals surface area contributed by atoms with Crippen molar-refractivity contribution in [2.45, 2.75) is 53.9 Å². The van der Waals surface area contributed by atoms with E-state index < -0.39 is 11.4 Å². The number of carboxylic acid groups (broad SMARTS) is 1. The molecule has 0 heterocycles. The van der Waals surface area contributed by atoms with Gasteiger partial charge in [0.15, 0.2) is 0 Å². The molecule has 0 aliphatic heterocycles. The molecule has 0 bridgehead atoms. The molecule has 1 aliphatic carbocycles. The summed E-state index contributed by atoms with van der Waals surface area (Å²) in [5.74, 6) is 1.53. The lowest BCUT2D eigenvalue weighted by molar-refractivity contribution is -0.153. The average molecular weight is 226 g/mol. The van der Waals surface area contributed by atoms with Crippen LogP contribution in [0.15, 0.2) is 0 Å². The van der Waals surface area contributed by atoms with Crippen LogP contribution < -0.4 is 0 Å². The fraction of sp³-hybridized carbons (Fsp3) is 0.929. The number of aliphatic carboxylic acids is 1. The summed E-state index contributed by atoms with van der Waals surface area (Å²) in [6.45, 7) is 10.5. The highest BCUT2D eigenvalue weighted by Crippen LogP contribution is 2.46. The summed E-state index contributed by atoms with van der Waals surface area (Å²) in [6.07, 6.45) is 3.53. The second-order valence-electron chi connectivity index (χ2n) is 6.46. The lowest BCUT2D eigenvalue weighted by atomic mass is 9.60. The first-order chi connectivity index (χ1) is 7.26. The largest absolute Gasteiger partial charge is 0.481 e. The van der Waals surface area contributed by atoms with Crippen LogP contribution in [0.4, 0.5) is 0 Å². The molecule has 1 saturated carbocycles. The van der Waals surface area contributed by atoms with Crippen molar-refractivity contribution in [1.29, 1.82) is 0 Å². The van der Waals surface area contributed by atoms with Crippen LogP contribution in [0.1, 0.15) is 53.9 Å². The highest BCUT2D eigenvalue weighted by molar-refractivity contribution is 5.74. The van der Waals surface area contributed by atoms with Gasteiger partial charge in [0.05, 0.1) is 5.41 Å².